The number of halogens is 1. The van der Waals surface area contributed by atoms with Gasteiger partial charge >= 0.3 is 5.97 Å². The fraction of sp³-hybridized carbons (Fsp3) is 0.696. The standard InChI is InChI=1S/C23H37FO4/c1-17(2)15-16-18(3)9-7-11-20-13-8-12-19(20)10-5-6-14-21(24)23(26,27)22(25)28-4/h5-7,11,15,18-21,26-27H,8-10,12-14,16H2,1-4H3/t18?,19-,20-,21?/m0/s1. The van der Waals surface area contributed by atoms with Crippen LogP contribution in [0.1, 0.15) is 65.7 Å². The Balaban J connectivity index is 2.43. The van der Waals surface area contributed by atoms with Gasteiger partial charge in [0, 0.05) is 6.42 Å². The number of rotatable bonds is 11. The summed E-state index contributed by atoms with van der Waals surface area (Å²) in [6.07, 6.45) is 14.6. The SMILES string of the molecule is COC(=O)C(O)(O)C(F)CC=CC[C@H]1CCC[C@@H]1C=CCC(C)CC=C(C)C. The second-order valence-corrected chi connectivity index (χ2v) is 8.27. The number of ether oxygens (including phenoxy) is 1. The molecule has 28 heavy (non-hydrogen) atoms. The highest BCUT2D eigenvalue weighted by atomic mass is 19.1. The number of alkyl halides is 1. The van der Waals surface area contributed by atoms with E-state index >= 15 is 0 Å². The molecule has 1 saturated carbocycles. The lowest BCUT2D eigenvalue weighted by Gasteiger charge is -2.21. The maximum Gasteiger partial charge on any atom is 0.369 e. The number of allylic oxidation sites excluding steroid dienone is 6. The third kappa shape index (κ3) is 8.27. The quantitative estimate of drug-likeness (QED) is 0.297. The number of carbonyl (C=O) groups excluding carboxylic acids is 1. The van der Waals surface area contributed by atoms with Gasteiger partial charge in [0.05, 0.1) is 7.11 Å². The van der Waals surface area contributed by atoms with Gasteiger partial charge in [-0.3, -0.25) is 0 Å². The Morgan fingerprint density at radius 3 is 2.54 bits per heavy atom. The van der Waals surface area contributed by atoms with Crippen molar-refractivity contribution < 1.29 is 24.1 Å². The number of carbonyl (C=O) groups is 1. The Morgan fingerprint density at radius 1 is 1.18 bits per heavy atom. The minimum atomic E-state index is -3.10. The van der Waals surface area contributed by atoms with Gasteiger partial charge in [0.2, 0.25) is 0 Å². The van der Waals surface area contributed by atoms with Crippen LogP contribution < -0.4 is 0 Å². The van der Waals surface area contributed by atoms with Crippen LogP contribution in [0.4, 0.5) is 4.39 Å². The number of hydrogen-bond donors (Lipinski definition) is 2. The lowest BCUT2D eigenvalue weighted by Crippen LogP contribution is -2.48. The van der Waals surface area contributed by atoms with E-state index in [1.165, 1.54) is 18.4 Å². The Labute approximate surface area is 169 Å². The zero-order chi connectivity index (χ0) is 21.2. The topological polar surface area (TPSA) is 66.8 Å². The van der Waals surface area contributed by atoms with Crippen molar-refractivity contribution in [2.75, 3.05) is 7.11 Å². The first-order valence-electron chi connectivity index (χ1n) is 10.3. The molecule has 0 radical (unpaired) electrons. The third-order valence-corrected chi connectivity index (χ3v) is 5.44. The average molecular weight is 397 g/mol. The normalized spacial score (nSPS) is 22.5. The van der Waals surface area contributed by atoms with Crippen LogP contribution in [0.25, 0.3) is 0 Å². The van der Waals surface area contributed by atoms with E-state index in [2.05, 4.69) is 43.7 Å². The molecule has 2 N–H and O–H groups in total. The molecule has 1 rings (SSSR count). The highest BCUT2D eigenvalue weighted by Gasteiger charge is 2.43. The van der Waals surface area contributed by atoms with E-state index in [1.54, 1.807) is 6.08 Å². The van der Waals surface area contributed by atoms with Crippen molar-refractivity contribution >= 4 is 5.97 Å². The molecule has 0 amide bonds. The molecular formula is C23H37FO4. The van der Waals surface area contributed by atoms with Crippen LogP contribution in [-0.2, 0) is 9.53 Å². The summed E-state index contributed by atoms with van der Waals surface area (Å²) in [5.41, 5.74) is 1.36. The summed E-state index contributed by atoms with van der Waals surface area (Å²) in [5, 5.41) is 18.9. The molecule has 1 aliphatic carbocycles. The summed E-state index contributed by atoms with van der Waals surface area (Å²) >= 11 is 0. The molecule has 0 bridgehead atoms. The fourth-order valence-electron chi connectivity index (χ4n) is 3.56. The molecule has 0 saturated heterocycles. The average Bonchev–Trinajstić information content (AvgIpc) is 3.09. The minimum absolute atomic E-state index is 0.239. The number of hydrogen-bond acceptors (Lipinski definition) is 4. The van der Waals surface area contributed by atoms with Crippen LogP contribution in [0.2, 0.25) is 0 Å². The zero-order valence-electron chi connectivity index (χ0n) is 17.7. The summed E-state index contributed by atoms with van der Waals surface area (Å²) in [5.74, 6) is -2.76. The first-order chi connectivity index (χ1) is 13.2. The van der Waals surface area contributed by atoms with Gasteiger partial charge in [-0.15, -0.1) is 0 Å². The van der Waals surface area contributed by atoms with Gasteiger partial charge in [0.15, 0.2) is 6.17 Å². The van der Waals surface area contributed by atoms with Crippen molar-refractivity contribution in [3.63, 3.8) is 0 Å². The van der Waals surface area contributed by atoms with Gasteiger partial charge in [0.1, 0.15) is 0 Å². The Morgan fingerprint density at radius 2 is 1.89 bits per heavy atom. The molecule has 0 aromatic rings. The van der Waals surface area contributed by atoms with Crippen molar-refractivity contribution in [2.45, 2.75) is 77.7 Å². The monoisotopic (exact) mass is 396 g/mol. The molecule has 0 aliphatic heterocycles. The lowest BCUT2D eigenvalue weighted by molar-refractivity contribution is -0.226. The molecule has 0 heterocycles. The van der Waals surface area contributed by atoms with E-state index in [1.807, 2.05) is 6.08 Å². The molecule has 0 aromatic carbocycles. The molecule has 5 heteroatoms. The van der Waals surface area contributed by atoms with Gasteiger partial charge in [-0.05, 0) is 63.7 Å². The summed E-state index contributed by atoms with van der Waals surface area (Å²) in [6, 6.07) is 0. The third-order valence-electron chi connectivity index (χ3n) is 5.44. The van der Waals surface area contributed by atoms with Crippen molar-refractivity contribution in [1.29, 1.82) is 0 Å². The van der Waals surface area contributed by atoms with E-state index in [-0.39, 0.29) is 6.42 Å². The second kappa shape index (κ2) is 12.2. The van der Waals surface area contributed by atoms with E-state index in [0.717, 1.165) is 32.8 Å². The molecular weight excluding hydrogens is 359 g/mol. The van der Waals surface area contributed by atoms with Crippen molar-refractivity contribution in [3.8, 4) is 0 Å². The van der Waals surface area contributed by atoms with Gasteiger partial charge < -0.3 is 14.9 Å². The summed E-state index contributed by atoms with van der Waals surface area (Å²) in [4.78, 5) is 11.2. The van der Waals surface area contributed by atoms with Crippen LogP contribution in [0.15, 0.2) is 36.0 Å². The zero-order valence-corrected chi connectivity index (χ0v) is 17.7. The molecule has 2 unspecified atom stereocenters. The predicted molar refractivity (Wildman–Crippen MR) is 110 cm³/mol. The predicted octanol–water partition coefficient (Wildman–Crippen LogP) is 4.87. The van der Waals surface area contributed by atoms with Gasteiger partial charge in [-0.1, -0.05) is 49.3 Å². The van der Waals surface area contributed by atoms with Gasteiger partial charge in [0.25, 0.3) is 5.79 Å². The summed E-state index contributed by atoms with van der Waals surface area (Å²) in [6.45, 7) is 6.52. The molecule has 1 fully saturated rings. The molecule has 160 valence electrons. The molecule has 0 aromatic heterocycles. The Hall–Kier alpha value is -1.46. The summed E-state index contributed by atoms with van der Waals surface area (Å²) in [7, 11) is 0.988. The molecule has 1 aliphatic rings. The molecule has 0 spiro atoms. The number of methoxy groups -OCH3 is 1. The smallest absolute Gasteiger partial charge is 0.369 e. The summed E-state index contributed by atoms with van der Waals surface area (Å²) < 4.78 is 18.1. The molecule has 4 nitrogen and oxygen atoms in total. The number of aliphatic hydroxyl groups is 2. The van der Waals surface area contributed by atoms with Crippen LogP contribution in [-0.4, -0.2) is 35.3 Å². The van der Waals surface area contributed by atoms with Crippen LogP contribution in [0, 0.1) is 17.8 Å². The van der Waals surface area contributed by atoms with Crippen LogP contribution >= 0.6 is 0 Å². The first-order valence-corrected chi connectivity index (χ1v) is 10.3. The second-order valence-electron chi connectivity index (χ2n) is 8.27. The van der Waals surface area contributed by atoms with Crippen molar-refractivity contribution in [1.82, 2.24) is 0 Å². The van der Waals surface area contributed by atoms with E-state index in [9.17, 15) is 19.4 Å². The number of esters is 1. The maximum atomic E-state index is 13.9. The van der Waals surface area contributed by atoms with Gasteiger partial charge in [-0.25, -0.2) is 9.18 Å². The Kier molecular flexibility index (Phi) is 10.7. The van der Waals surface area contributed by atoms with Crippen LogP contribution in [0.3, 0.4) is 0 Å². The van der Waals surface area contributed by atoms with E-state index in [0.29, 0.717) is 17.8 Å². The molecule has 4 atom stereocenters. The lowest BCUT2D eigenvalue weighted by atomic mass is 9.91. The highest BCUT2D eigenvalue weighted by molar-refractivity contribution is 5.77. The Bertz CT molecular complexity index is 561. The maximum absolute atomic E-state index is 13.9. The first kappa shape index (κ1) is 24.6. The van der Waals surface area contributed by atoms with Crippen LogP contribution in [0.5, 0.6) is 0 Å². The highest BCUT2D eigenvalue weighted by Crippen LogP contribution is 2.35. The van der Waals surface area contributed by atoms with E-state index < -0.39 is 17.9 Å². The minimum Gasteiger partial charge on any atom is -0.465 e. The van der Waals surface area contributed by atoms with Crippen molar-refractivity contribution in [3.05, 3.63) is 36.0 Å². The fourth-order valence-corrected chi connectivity index (χ4v) is 3.56. The van der Waals surface area contributed by atoms with E-state index in [4.69, 9.17) is 0 Å². The largest absolute Gasteiger partial charge is 0.465 e. The van der Waals surface area contributed by atoms with Crippen molar-refractivity contribution in [2.24, 2.45) is 17.8 Å². The van der Waals surface area contributed by atoms with Gasteiger partial charge in [-0.2, -0.15) is 0 Å².